The van der Waals surface area contributed by atoms with Gasteiger partial charge in [-0.3, -0.25) is 0 Å². The fraction of sp³-hybridized carbons (Fsp3) is 0.0769. The van der Waals surface area contributed by atoms with Crippen LogP contribution in [0.5, 0.6) is 0 Å². The quantitative estimate of drug-likeness (QED) is 0.169. The highest BCUT2D eigenvalue weighted by atomic mass is 15.1. The van der Waals surface area contributed by atoms with Crippen LogP contribution in [0.15, 0.2) is 200 Å². The summed E-state index contributed by atoms with van der Waals surface area (Å²) in [6, 6.07) is 73.9. The second-order valence-corrected chi connectivity index (χ2v) is 14.8. The van der Waals surface area contributed by atoms with Gasteiger partial charge in [-0.1, -0.05) is 190 Å². The summed E-state index contributed by atoms with van der Waals surface area (Å²) >= 11 is 0. The van der Waals surface area contributed by atoms with Crippen LogP contribution in [-0.4, -0.2) is 0 Å². The van der Waals surface area contributed by atoms with Gasteiger partial charge in [-0.25, -0.2) is 0 Å². The van der Waals surface area contributed by atoms with E-state index in [1.165, 1.54) is 78.1 Å². The number of benzene rings is 8. The van der Waals surface area contributed by atoms with Gasteiger partial charge in [-0.2, -0.15) is 0 Å². The lowest BCUT2D eigenvalue weighted by Gasteiger charge is -2.34. The Balaban J connectivity index is 1.29. The van der Waals surface area contributed by atoms with Gasteiger partial charge in [0.05, 0.1) is 16.8 Å². The fourth-order valence-corrected chi connectivity index (χ4v) is 9.42. The van der Waals surface area contributed by atoms with Gasteiger partial charge in [0.1, 0.15) is 0 Å². The van der Waals surface area contributed by atoms with Gasteiger partial charge >= 0.3 is 0 Å². The summed E-state index contributed by atoms with van der Waals surface area (Å²) in [4.78, 5) is 2.54. The standard InChI is InChI=1S/C52H39N/c1-51(2)43-26-14-12-24-41(43)49-45(51)28-16-30-47(49)53(40-34-32-37(33-35-40)36-18-6-3-7-19-36)48-31-17-29-46-50(48)42-25-13-15-27-44(42)52(46,38-20-8-4-9-21-38)39-22-10-5-11-23-39/h3-35H,1-2H3. The van der Waals surface area contributed by atoms with E-state index in [-0.39, 0.29) is 5.41 Å². The zero-order valence-electron chi connectivity index (χ0n) is 30.0. The van der Waals surface area contributed by atoms with Gasteiger partial charge in [-0.15, -0.1) is 0 Å². The summed E-state index contributed by atoms with van der Waals surface area (Å²) in [6.07, 6.45) is 0. The highest BCUT2D eigenvalue weighted by molar-refractivity contribution is 6.01. The average Bonchev–Trinajstić information content (AvgIpc) is 3.66. The SMILES string of the molecule is CC1(C)c2ccccc2-c2c(N(c3ccc(-c4ccccc4)cc3)c3cccc4c3-c3ccccc3C4(c3ccccc3)c3ccccc3)cccc21. The van der Waals surface area contributed by atoms with E-state index >= 15 is 0 Å². The molecule has 0 aliphatic heterocycles. The first-order chi connectivity index (χ1) is 26.1. The molecule has 0 fully saturated rings. The molecule has 0 aromatic heterocycles. The minimum Gasteiger partial charge on any atom is -0.309 e. The van der Waals surface area contributed by atoms with E-state index in [0.29, 0.717) is 0 Å². The van der Waals surface area contributed by atoms with E-state index in [2.05, 4.69) is 219 Å². The van der Waals surface area contributed by atoms with Gasteiger partial charge in [-0.05, 0) is 79.9 Å². The Labute approximate surface area is 312 Å². The number of nitrogens with zero attached hydrogens (tertiary/aromatic N) is 1. The van der Waals surface area contributed by atoms with Crippen LogP contribution in [0.3, 0.4) is 0 Å². The lowest BCUT2D eigenvalue weighted by Crippen LogP contribution is -2.28. The first-order valence-electron chi connectivity index (χ1n) is 18.6. The minimum atomic E-state index is -0.486. The molecule has 0 atom stereocenters. The summed E-state index contributed by atoms with van der Waals surface area (Å²) < 4.78 is 0. The Morgan fingerprint density at radius 2 is 0.774 bits per heavy atom. The monoisotopic (exact) mass is 677 g/mol. The van der Waals surface area contributed by atoms with Crippen molar-refractivity contribution in [1.29, 1.82) is 0 Å². The Morgan fingerprint density at radius 3 is 1.38 bits per heavy atom. The van der Waals surface area contributed by atoms with Crippen LogP contribution in [0.4, 0.5) is 17.1 Å². The largest absolute Gasteiger partial charge is 0.309 e. The summed E-state index contributed by atoms with van der Waals surface area (Å²) in [5.41, 5.74) is 18.3. The molecule has 0 amide bonds. The van der Waals surface area contributed by atoms with Gasteiger partial charge < -0.3 is 4.90 Å². The maximum atomic E-state index is 2.54. The molecule has 0 saturated heterocycles. The Morgan fingerprint density at radius 1 is 0.340 bits per heavy atom. The summed E-state index contributed by atoms with van der Waals surface area (Å²) in [7, 11) is 0. The summed E-state index contributed by atoms with van der Waals surface area (Å²) in [5, 5.41) is 0. The minimum absolute atomic E-state index is 0.119. The molecule has 10 rings (SSSR count). The van der Waals surface area contributed by atoms with E-state index in [0.717, 1.165) is 5.69 Å². The van der Waals surface area contributed by atoms with E-state index in [4.69, 9.17) is 0 Å². The molecular weight excluding hydrogens is 639 g/mol. The predicted octanol–water partition coefficient (Wildman–Crippen LogP) is 13.5. The zero-order chi connectivity index (χ0) is 35.6. The molecular formula is C52H39N. The lowest BCUT2D eigenvalue weighted by atomic mass is 9.68. The average molecular weight is 678 g/mol. The van der Waals surface area contributed by atoms with E-state index in [9.17, 15) is 0 Å². The van der Waals surface area contributed by atoms with E-state index in [1.807, 2.05) is 0 Å². The fourth-order valence-electron chi connectivity index (χ4n) is 9.42. The van der Waals surface area contributed by atoms with Crippen LogP contribution < -0.4 is 4.90 Å². The molecule has 0 N–H and O–H groups in total. The number of fused-ring (bicyclic) bond motifs is 6. The predicted molar refractivity (Wildman–Crippen MR) is 221 cm³/mol. The molecule has 1 heteroatoms. The molecule has 8 aromatic carbocycles. The third kappa shape index (κ3) is 4.57. The molecule has 8 aromatic rings. The molecule has 0 spiro atoms. The van der Waals surface area contributed by atoms with Crippen molar-refractivity contribution in [2.45, 2.75) is 24.7 Å². The normalized spacial score (nSPS) is 14.2. The van der Waals surface area contributed by atoms with Crippen molar-refractivity contribution in [3.05, 3.63) is 234 Å². The second-order valence-electron chi connectivity index (χ2n) is 14.8. The number of anilines is 3. The van der Waals surface area contributed by atoms with Gasteiger partial charge in [0.25, 0.3) is 0 Å². The number of hydrogen-bond donors (Lipinski definition) is 0. The van der Waals surface area contributed by atoms with Crippen molar-refractivity contribution in [2.75, 3.05) is 4.90 Å². The number of rotatable bonds is 6. The van der Waals surface area contributed by atoms with Crippen molar-refractivity contribution in [1.82, 2.24) is 0 Å². The zero-order valence-corrected chi connectivity index (χ0v) is 30.0. The third-order valence-electron chi connectivity index (χ3n) is 11.8. The lowest BCUT2D eigenvalue weighted by molar-refractivity contribution is 0.660. The molecule has 0 unspecified atom stereocenters. The topological polar surface area (TPSA) is 3.24 Å². The van der Waals surface area contributed by atoms with Crippen LogP contribution in [0, 0.1) is 0 Å². The van der Waals surface area contributed by atoms with Crippen LogP contribution in [0.1, 0.15) is 47.2 Å². The Bertz CT molecular complexity index is 2580. The molecule has 2 aliphatic rings. The van der Waals surface area contributed by atoms with E-state index < -0.39 is 5.41 Å². The summed E-state index contributed by atoms with van der Waals surface area (Å²) in [6.45, 7) is 4.73. The third-order valence-corrected chi connectivity index (χ3v) is 11.8. The Hall–Kier alpha value is -6.44. The van der Waals surface area contributed by atoms with Crippen molar-refractivity contribution in [2.24, 2.45) is 0 Å². The van der Waals surface area contributed by atoms with Crippen molar-refractivity contribution >= 4 is 17.1 Å². The van der Waals surface area contributed by atoms with Gasteiger partial charge in [0, 0.05) is 22.2 Å². The maximum Gasteiger partial charge on any atom is 0.0714 e. The molecule has 0 heterocycles. The highest BCUT2D eigenvalue weighted by Crippen LogP contribution is 2.61. The highest BCUT2D eigenvalue weighted by Gasteiger charge is 2.47. The first-order valence-corrected chi connectivity index (χ1v) is 18.6. The van der Waals surface area contributed by atoms with Crippen molar-refractivity contribution < 1.29 is 0 Å². The van der Waals surface area contributed by atoms with Gasteiger partial charge in [0.2, 0.25) is 0 Å². The van der Waals surface area contributed by atoms with Crippen LogP contribution in [-0.2, 0) is 10.8 Å². The van der Waals surface area contributed by atoms with Crippen LogP contribution in [0.25, 0.3) is 33.4 Å². The first kappa shape index (κ1) is 31.3. The van der Waals surface area contributed by atoms with Gasteiger partial charge in [0.15, 0.2) is 0 Å². The van der Waals surface area contributed by atoms with E-state index in [1.54, 1.807) is 0 Å². The molecule has 0 bridgehead atoms. The molecule has 2 aliphatic carbocycles. The summed E-state index contributed by atoms with van der Waals surface area (Å²) in [5.74, 6) is 0. The van der Waals surface area contributed by atoms with Crippen LogP contribution >= 0.6 is 0 Å². The van der Waals surface area contributed by atoms with Crippen LogP contribution in [0.2, 0.25) is 0 Å². The molecule has 252 valence electrons. The molecule has 53 heavy (non-hydrogen) atoms. The van der Waals surface area contributed by atoms with Crippen molar-refractivity contribution in [3.63, 3.8) is 0 Å². The number of hydrogen-bond acceptors (Lipinski definition) is 1. The molecule has 1 nitrogen and oxygen atoms in total. The Kier molecular flexibility index (Phi) is 7.13. The second kappa shape index (κ2) is 12.1. The smallest absolute Gasteiger partial charge is 0.0714 e. The molecule has 0 saturated carbocycles. The van der Waals surface area contributed by atoms with Crippen molar-refractivity contribution in [3.8, 4) is 33.4 Å². The molecule has 0 radical (unpaired) electrons. The maximum absolute atomic E-state index is 2.54.